The van der Waals surface area contributed by atoms with E-state index in [0.29, 0.717) is 23.6 Å². The first kappa shape index (κ1) is 18.2. The monoisotopic (exact) mass is 368 g/mol. The Morgan fingerprint density at radius 3 is 2.08 bits per heavy atom. The fraction of sp³-hybridized carbons (Fsp3) is 0.238. The van der Waals surface area contributed by atoms with Crippen molar-refractivity contribution >= 4 is 34.8 Å². The van der Waals surface area contributed by atoms with Gasteiger partial charge in [-0.1, -0.05) is 53.6 Å². The van der Waals surface area contributed by atoms with Gasteiger partial charge >= 0.3 is 0 Å². The standard InChI is InChI=1S/C21H21ClN2O2/c1-14-10-12-15(13-11-14)23-20(25)16-6-2-3-7-17(16)21(26)24-19-9-5-4-8-18(19)22/h2-5,8-13,16-17H,6-7H2,1H3,(H,23,25)(H,24,26). The summed E-state index contributed by atoms with van der Waals surface area (Å²) in [4.78, 5) is 25.5. The number of carbonyl (C=O) groups is 2. The summed E-state index contributed by atoms with van der Waals surface area (Å²) in [5.41, 5.74) is 2.42. The molecule has 26 heavy (non-hydrogen) atoms. The summed E-state index contributed by atoms with van der Waals surface area (Å²) in [6.07, 6.45) is 4.98. The van der Waals surface area contributed by atoms with Gasteiger partial charge in [0.2, 0.25) is 11.8 Å². The molecule has 2 unspecified atom stereocenters. The molecule has 0 aromatic heterocycles. The number of benzene rings is 2. The predicted octanol–water partition coefficient (Wildman–Crippen LogP) is 4.81. The van der Waals surface area contributed by atoms with Crippen LogP contribution in [0, 0.1) is 18.8 Å². The quantitative estimate of drug-likeness (QED) is 0.761. The third kappa shape index (κ3) is 4.33. The Kier molecular flexibility index (Phi) is 5.74. The first-order chi connectivity index (χ1) is 12.5. The highest BCUT2D eigenvalue weighted by atomic mass is 35.5. The van der Waals surface area contributed by atoms with Gasteiger partial charge < -0.3 is 10.6 Å². The van der Waals surface area contributed by atoms with Crippen molar-refractivity contribution in [2.24, 2.45) is 11.8 Å². The van der Waals surface area contributed by atoms with Gasteiger partial charge in [-0.15, -0.1) is 0 Å². The van der Waals surface area contributed by atoms with Crippen molar-refractivity contribution in [3.63, 3.8) is 0 Å². The molecule has 0 saturated heterocycles. The Bertz CT molecular complexity index is 830. The zero-order chi connectivity index (χ0) is 18.5. The molecule has 0 radical (unpaired) electrons. The smallest absolute Gasteiger partial charge is 0.228 e. The molecule has 0 bridgehead atoms. The van der Waals surface area contributed by atoms with Crippen molar-refractivity contribution < 1.29 is 9.59 Å². The molecule has 3 rings (SSSR count). The lowest BCUT2D eigenvalue weighted by Gasteiger charge is -2.27. The van der Waals surface area contributed by atoms with Crippen LogP contribution in [0.3, 0.4) is 0 Å². The average molecular weight is 369 g/mol. The molecule has 0 fully saturated rings. The Morgan fingerprint density at radius 1 is 0.885 bits per heavy atom. The Morgan fingerprint density at radius 2 is 1.46 bits per heavy atom. The number of hydrogen-bond acceptors (Lipinski definition) is 2. The second kappa shape index (κ2) is 8.19. The number of rotatable bonds is 4. The fourth-order valence-electron chi connectivity index (χ4n) is 3.05. The maximum atomic E-state index is 12.7. The Hall–Kier alpha value is -2.59. The van der Waals surface area contributed by atoms with Gasteiger partial charge in [-0.05, 0) is 44.0 Å². The van der Waals surface area contributed by atoms with Gasteiger partial charge in [0.05, 0.1) is 22.5 Å². The van der Waals surface area contributed by atoms with Crippen LogP contribution in [0.5, 0.6) is 0 Å². The van der Waals surface area contributed by atoms with Crippen molar-refractivity contribution in [3.8, 4) is 0 Å². The Labute approximate surface area is 158 Å². The number of halogens is 1. The van der Waals surface area contributed by atoms with Crippen molar-refractivity contribution in [2.75, 3.05) is 10.6 Å². The number of anilines is 2. The summed E-state index contributed by atoms with van der Waals surface area (Å²) in [6, 6.07) is 14.7. The van der Waals surface area contributed by atoms with Gasteiger partial charge in [-0.2, -0.15) is 0 Å². The van der Waals surface area contributed by atoms with Crippen molar-refractivity contribution in [2.45, 2.75) is 19.8 Å². The van der Waals surface area contributed by atoms with E-state index >= 15 is 0 Å². The summed E-state index contributed by atoms with van der Waals surface area (Å²) in [7, 11) is 0. The Balaban J connectivity index is 1.72. The van der Waals surface area contributed by atoms with Crippen molar-refractivity contribution in [1.29, 1.82) is 0 Å². The number of carbonyl (C=O) groups excluding carboxylic acids is 2. The molecule has 0 aliphatic heterocycles. The van der Waals surface area contributed by atoms with Crippen molar-refractivity contribution in [3.05, 3.63) is 71.3 Å². The van der Waals surface area contributed by atoms with Gasteiger partial charge in [-0.25, -0.2) is 0 Å². The third-order valence-electron chi connectivity index (χ3n) is 4.56. The molecule has 1 aliphatic rings. The minimum atomic E-state index is -0.429. The van der Waals surface area contributed by atoms with Crippen LogP contribution in [-0.4, -0.2) is 11.8 Å². The van der Waals surface area contributed by atoms with E-state index in [4.69, 9.17) is 11.6 Å². The largest absolute Gasteiger partial charge is 0.326 e. The maximum absolute atomic E-state index is 12.7. The van der Waals surface area contributed by atoms with E-state index < -0.39 is 11.8 Å². The van der Waals surface area contributed by atoms with Gasteiger partial charge in [-0.3, -0.25) is 9.59 Å². The molecule has 2 N–H and O–H groups in total. The molecule has 134 valence electrons. The molecule has 2 aromatic rings. The number of allylic oxidation sites excluding steroid dienone is 2. The summed E-state index contributed by atoms with van der Waals surface area (Å²) in [5.74, 6) is -1.17. The zero-order valence-electron chi connectivity index (χ0n) is 14.5. The number of aryl methyl sites for hydroxylation is 1. The van der Waals surface area contributed by atoms with E-state index in [9.17, 15) is 9.59 Å². The van der Waals surface area contributed by atoms with Crippen molar-refractivity contribution in [1.82, 2.24) is 0 Å². The van der Waals surface area contributed by atoms with E-state index in [-0.39, 0.29) is 11.8 Å². The lowest BCUT2D eigenvalue weighted by Crippen LogP contribution is -2.37. The van der Waals surface area contributed by atoms with Gasteiger partial charge in [0, 0.05) is 5.69 Å². The lowest BCUT2D eigenvalue weighted by molar-refractivity contribution is -0.129. The molecule has 4 nitrogen and oxygen atoms in total. The highest BCUT2D eigenvalue weighted by Gasteiger charge is 2.34. The van der Waals surface area contributed by atoms with E-state index in [1.54, 1.807) is 18.2 Å². The maximum Gasteiger partial charge on any atom is 0.228 e. The second-order valence-electron chi connectivity index (χ2n) is 6.48. The van der Waals surface area contributed by atoms with Gasteiger partial charge in [0.1, 0.15) is 0 Å². The molecule has 2 amide bonds. The van der Waals surface area contributed by atoms with Crippen LogP contribution in [0.2, 0.25) is 5.02 Å². The lowest BCUT2D eigenvalue weighted by atomic mass is 9.81. The zero-order valence-corrected chi connectivity index (χ0v) is 15.3. The van der Waals surface area contributed by atoms with Gasteiger partial charge in [0.25, 0.3) is 0 Å². The summed E-state index contributed by atoms with van der Waals surface area (Å²) in [6.45, 7) is 1.99. The van der Waals surface area contributed by atoms with Crippen LogP contribution in [0.1, 0.15) is 18.4 Å². The number of amides is 2. The second-order valence-corrected chi connectivity index (χ2v) is 6.89. The normalized spacial score (nSPS) is 19.0. The highest BCUT2D eigenvalue weighted by Crippen LogP contribution is 2.29. The topological polar surface area (TPSA) is 58.2 Å². The molecule has 0 saturated carbocycles. The van der Waals surface area contributed by atoms with E-state index in [1.807, 2.05) is 49.4 Å². The van der Waals surface area contributed by atoms with Gasteiger partial charge in [0.15, 0.2) is 0 Å². The number of hydrogen-bond donors (Lipinski definition) is 2. The first-order valence-electron chi connectivity index (χ1n) is 8.62. The molecule has 0 heterocycles. The third-order valence-corrected chi connectivity index (χ3v) is 4.89. The summed E-state index contributed by atoms with van der Waals surface area (Å²) < 4.78 is 0. The molecule has 5 heteroatoms. The SMILES string of the molecule is Cc1ccc(NC(=O)C2CC=CCC2C(=O)Nc2ccccc2Cl)cc1. The molecule has 2 atom stereocenters. The molecule has 1 aliphatic carbocycles. The minimum Gasteiger partial charge on any atom is -0.326 e. The predicted molar refractivity (Wildman–Crippen MR) is 105 cm³/mol. The molecular formula is C21H21ClN2O2. The van der Waals surface area contributed by atoms with Crippen LogP contribution >= 0.6 is 11.6 Å². The van der Waals surface area contributed by atoms with Crippen LogP contribution in [-0.2, 0) is 9.59 Å². The van der Waals surface area contributed by atoms with Crippen LogP contribution in [0.15, 0.2) is 60.7 Å². The molecule has 2 aromatic carbocycles. The van der Waals surface area contributed by atoms with E-state index in [1.165, 1.54) is 0 Å². The van der Waals surface area contributed by atoms with E-state index in [2.05, 4.69) is 10.6 Å². The fourth-order valence-corrected chi connectivity index (χ4v) is 3.24. The summed E-state index contributed by atoms with van der Waals surface area (Å²) >= 11 is 6.12. The van der Waals surface area contributed by atoms with E-state index in [0.717, 1.165) is 11.3 Å². The average Bonchev–Trinajstić information content (AvgIpc) is 2.65. The first-order valence-corrected chi connectivity index (χ1v) is 9.00. The molecule has 0 spiro atoms. The molecular weight excluding hydrogens is 348 g/mol. The number of para-hydroxylation sites is 1. The van der Waals surface area contributed by atoms with Crippen LogP contribution < -0.4 is 10.6 Å². The minimum absolute atomic E-state index is 0.141. The highest BCUT2D eigenvalue weighted by molar-refractivity contribution is 6.33. The summed E-state index contributed by atoms with van der Waals surface area (Å²) in [5, 5.41) is 6.25. The number of nitrogens with one attached hydrogen (secondary N) is 2. The van der Waals surface area contributed by atoms with Crippen LogP contribution in [0.4, 0.5) is 11.4 Å². The van der Waals surface area contributed by atoms with Crippen LogP contribution in [0.25, 0.3) is 0 Å².